The highest BCUT2D eigenvalue weighted by molar-refractivity contribution is 6.00. The van der Waals surface area contributed by atoms with Gasteiger partial charge >= 0.3 is 0 Å². The summed E-state index contributed by atoms with van der Waals surface area (Å²) in [6.07, 6.45) is 5.50. The number of likely N-dealkylation sites (N-methyl/N-ethyl adjacent to an activating group) is 1. The first-order valence-corrected chi connectivity index (χ1v) is 9.11. The SMILES string of the molecule is CN1CC(C(=O)N2CCC(Cn3ccnn3)CC2)c2ccccc2C1=O. The number of aromatic nitrogens is 3. The average Bonchev–Trinajstić information content (AvgIpc) is 3.18. The van der Waals surface area contributed by atoms with E-state index in [1.165, 1.54) is 0 Å². The summed E-state index contributed by atoms with van der Waals surface area (Å²) in [4.78, 5) is 29.1. The van der Waals surface area contributed by atoms with E-state index in [2.05, 4.69) is 10.3 Å². The Labute approximate surface area is 152 Å². The maximum absolute atomic E-state index is 13.2. The fourth-order valence-electron chi connectivity index (χ4n) is 4.02. The summed E-state index contributed by atoms with van der Waals surface area (Å²) in [6.45, 7) is 2.82. The Bertz CT molecular complexity index is 796. The van der Waals surface area contributed by atoms with Crippen LogP contribution in [-0.2, 0) is 11.3 Å². The Kier molecular flexibility index (Phi) is 4.44. The third-order valence-electron chi connectivity index (χ3n) is 5.51. The van der Waals surface area contributed by atoms with Crippen LogP contribution in [0, 0.1) is 5.92 Å². The van der Waals surface area contributed by atoms with E-state index in [1.54, 1.807) is 18.1 Å². The second kappa shape index (κ2) is 6.90. The minimum atomic E-state index is -0.263. The van der Waals surface area contributed by atoms with Crippen LogP contribution in [0.25, 0.3) is 0 Å². The average molecular weight is 353 g/mol. The maximum atomic E-state index is 13.2. The Morgan fingerprint density at radius 2 is 2.00 bits per heavy atom. The summed E-state index contributed by atoms with van der Waals surface area (Å²) in [6, 6.07) is 7.49. The van der Waals surface area contributed by atoms with Crippen LogP contribution in [0.3, 0.4) is 0 Å². The molecule has 1 atom stereocenters. The van der Waals surface area contributed by atoms with Crippen molar-refractivity contribution in [3.8, 4) is 0 Å². The number of hydrogen-bond acceptors (Lipinski definition) is 4. The number of rotatable bonds is 3. The summed E-state index contributed by atoms with van der Waals surface area (Å²) in [5.41, 5.74) is 1.52. The highest BCUT2D eigenvalue weighted by Crippen LogP contribution is 2.30. The van der Waals surface area contributed by atoms with Crippen LogP contribution in [-0.4, -0.2) is 63.3 Å². The van der Waals surface area contributed by atoms with Crippen LogP contribution >= 0.6 is 0 Å². The topological polar surface area (TPSA) is 71.3 Å². The molecule has 1 aromatic heterocycles. The van der Waals surface area contributed by atoms with E-state index in [4.69, 9.17) is 0 Å². The number of piperidine rings is 1. The van der Waals surface area contributed by atoms with Crippen molar-refractivity contribution in [2.24, 2.45) is 5.92 Å². The molecule has 1 saturated heterocycles. The van der Waals surface area contributed by atoms with Crippen LogP contribution in [0.1, 0.15) is 34.7 Å². The van der Waals surface area contributed by atoms with Gasteiger partial charge in [-0.1, -0.05) is 23.4 Å². The first kappa shape index (κ1) is 16.8. The molecule has 7 heteroatoms. The Balaban J connectivity index is 1.44. The van der Waals surface area contributed by atoms with Crippen LogP contribution in [0.4, 0.5) is 0 Å². The predicted molar refractivity (Wildman–Crippen MR) is 95.5 cm³/mol. The lowest BCUT2D eigenvalue weighted by Crippen LogP contribution is -2.47. The highest BCUT2D eigenvalue weighted by Gasteiger charge is 2.36. The molecule has 3 heterocycles. The van der Waals surface area contributed by atoms with Crippen molar-refractivity contribution in [2.75, 3.05) is 26.7 Å². The normalized spacial score (nSPS) is 21.0. The fraction of sp³-hybridized carbons (Fsp3) is 0.474. The third-order valence-corrected chi connectivity index (χ3v) is 5.51. The van der Waals surface area contributed by atoms with Gasteiger partial charge in [-0.15, -0.1) is 5.10 Å². The molecule has 2 amide bonds. The van der Waals surface area contributed by atoms with Crippen molar-refractivity contribution in [3.63, 3.8) is 0 Å². The number of likely N-dealkylation sites (tertiary alicyclic amines) is 1. The second-order valence-corrected chi connectivity index (χ2v) is 7.22. The summed E-state index contributed by atoms with van der Waals surface area (Å²) < 4.78 is 1.86. The van der Waals surface area contributed by atoms with Crippen molar-refractivity contribution in [1.29, 1.82) is 0 Å². The Morgan fingerprint density at radius 3 is 2.73 bits per heavy atom. The monoisotopic (exact) mass is 353 g/mol. The molecule has 0 bridgehead atoms. The molecule has 136 valence electrons. The van der Waals surface area contributed by atoms with Gasteiger partial charge in [0.15, 0.2) is 0 Å². The molecule has 26 heavy (non-hydrogen) atoms. The van der Waals surface area contributed by atoms with E-state index >= 15 is 0 Å². The molecular weight excluding hydrogens is 330 g/mol. The van der Waals surface area contributed by atoms with E-state index < -0.39 is 0 Å². The number of nitrogens with zero attached hydrogens (tertiary/aromatic N) is 5. The molecule has 4 rings (SSSR count). The van der Waals surface area contributed by atoms with Crippen LogP contribution in [0.2, 0.25) is 0 Å². The second-order valence-electron chi connectivity index (χ2n) is 7.22. The molecule has 0 aliphatic carbocycles. The molecule has 2 aliphatic rings. The van der Waals surface area contributed by atoms with Gasteiger partial charge < -0.3 is 9.80 Å². The van der Waals surface area contributed by atoms with Gasteiger partial charge in [0.25, 0.3) is 5.91 Å². The molecule has 0 spiro atoms. The Morgan fingerprint density at radius 1 is 1.23 bits per heavy atom. The molecule has 2 aliphatic heterocycles. The lowest BCUT2D eigenvalue weighted by molar-refractivity contribution is -0.134. The number of carbonyl (C=O) groups is 2. The van der Waals surface area contributed by atoms with Crippen molar-refractivity contribution in [1.82, 2.24) is 24.8 Å². The van der Waals surface area contributed by atoms with Crippen molar-refractivity contribution in [2.45, 2.75) is 25.3 Å². The minimum Gasteiger partial charge on any atom is -0.342 e. The lowest BCUT2D eigenvalue weighted by Gasteiger charge is -2.37. The standard InChI is InChI=1S/C19H23N5O2/c1-22-13-17(15-4-2-3-5-16(15)18(22)25)19(26)23-9-6-14(7-10-23)12-24-11-8-20-21-24/h2-5,8,11,14,17H,6-7,9-10,12-13H2,1H3. The molecule has 0 N–H and O–H groups in total. The van der Waals surface area contributed by atoms with E-state index in [1.807, 2.05) is 40.0 Å². The van der Waals surface area contributed by atoms with E-state index in [9.17, 15) is 9.59 Å². The van der Waals surface area contributed by atoms with Gasteiger partial charge in [0.05, 0.1) is 12.1 Å². The molecule has 0 radical (unpaired) electrons. The smallest absolute Gasteiger partial charge is 0.253 e. The zero-order valence-electron chi connectivity index (χ0n) is 14.9. The van der Waals surface area contributed by atoms with Gasteiger partial charge in [-0.25, -0.2) is 0 Å². The van der Waals surface area contributed by atoms with Gasteiger partial charge in [0, 0.05) is 45.0 Å². The van der Waals surface area contributed by atoms with Crippen molar-refractivity contribution < 1.29 is 9.59 Å². The fourth-order valence-corrected chi connectivity index (χ4v) is 4.02. The van der Waals surface area contributed by atoms with Crippen LogP contribution in [0.15, 0.2) is 36.7 Å². The van der Waals surface area contributed by atoms with E-state index in [0.29, 0.717) is 18.0 Å². The summed E-state index contributed by atoms with van der Waals surface area (Å²) in [5, 5.41) is 7.87. The van der Waals surface area contributed by atoms with Crippen molar-refractivity contribution in [3.05, 3.63) is 47.8 Å². The maximum Gasteiger partial charge on any atom is 0.253 e. The zero-order valence-corrected chi connectivity index (χ0v) is 14.9. The van der Waals surface area contributed by atoms with Gasteiger partial charge in [-0.2, -0.15) is 0 Å². The van der Waals surface area contributed by atoms with E-state index in [-0.39, 0.29) is 17.7 Å². The Hall–Kier alpha value is -2.70. The largest absolute Gasteiger partial charge is 0.342 e. The number of fused-ring (bicyclic) bond motifs is 1. The quantitative estimate of drug-likeness (QED) is 0.836. The minimum absolute atomic E-state index is 0.00353. The van der Waals surface area contributed by atoms with Crippen molar-refractivity contribution >= 4 is 11.8 Å². The van der Waals surface area contributed by atoms with Gasteiger partial charge in [0.1, 0.15) is 0 Å². The van der Waals surface area contributed by atoms with Gasteiger partial charge in [-0.05, 0) is 30.4 Å². The molecule has 2 aromatic rings. The van der Waals surface area contributed by atoms with Crippen LogP contribution < -0.4 is 0 Å². The molecule has 7 nitrogen and oxygen atoms in total. The third kappa shape index (κ3) is 3.09. The van der Waals surface area contributed by atoms with Crippen LogP contribution in [0.5, 0.6) is 0 Å². The lowest BCUT2D eigenvalue weighted by atomic mass is 9.87. The molecule has 0 saturated carbocycles. The molecule has 1 aromatic carbocycles. The molecule has 1 unspecified atom stereocenters. The van der Waals surface area contributed by atoms with Gasteiger partial charge in [0.2, 0.25) is 5.91 Å². The van der Waals surface area contributed by atoms with E-state index in [0.717, 1.165) is 38.0 Å². The predicted octanol–water partition coefficient (Wildman–Crippen LogP) is 1.39. The number of hydrogen-bond donors (Lipinski definition) is 0. The first-order chi connectivity index (χ1) is 12.6. The summed E-state index contributed by atoms with van der Waals surface area (Å²) in [7, 11) is 1.77. The summed E-state index contributed by atoms with van der Waals surface area (Å²) >= 11 is 0. The number of amides is 2. The number of benzene rings is 1. The number of carbonyl (C=O) groups excluding carboxylic acids is 2. The van der Waals surface area contributed by atoms with Gasteiger partial charge in [-0.3, -0.25) is 14.3 Å². The first-order valence-electron chi connectivity index (χ1n) is 9.11. The zero-order chi connectivity index (χ0) is 18.1. The molecular formula is C19H23N5O2. The summed E-state index contributed by atoms with van der Waals surface area (Å²) in [5.74, 6) is 0.386. The highest BCUT2D eigenvalue weighted by atomic mass is 16.2. The molecule has 1 fully saturated rings.